The summed E-state index contributed by atoms with van der Waals surface area (Å²) in [7, 11) is -3.64. The Bertz CT molecular complexity index is 1790. The first kappa shape index (κ1) is 35.0. The highest BCUT2D eigenvalue weighted by Gasteiger charge is 2.63. The van der Waals surface area contributed by atoms with Gasteiger partial charge in [0.1, 0.15) is 10.7 Å². The van der Waals surface area contributed by atoms with Gasteiger partial charge in [-0.2, -0.15) is 26.3 Å². The molecule has 2 aliphatic rings. The second kappa shape index (κ2) is 12.4. The number of halogens is 9. The molecule has 3 aromatic carbocycles. The minimum atomic E-state index is -5.22. The van der Waals surface area contributed by atoms with Crippen molar-refractivity contribution in [2.45, 2.75) is 28.6 Å². The summed E-state index contributed by atoms with van der Waals surface area (Å²) in [4.78, 5) is 22.1. The van der Waals surface area contributed by atoms with Gasteiger partial charge in [0.2, 0.25) is 15.6 Å². The highest BCUT2D eigenvalue weighted by Crippen LogP contribution is 2.48. The second-order valence-corrected chi connectivity index (χ2v) is 12.0. The minimum Gasteiger partial charge on any atom is -0.426 e. The molecule has 0 bridgehead atoms. The number of ether oxygens (including phenoxy) is 2. The first-order valence-electron chi connectivity index (χ1n) is 12.4. The molecule has 0 aromatic heterocycles. The molecule has 2 heterocycles. The summed E-state index contributed by atoms with van der Waals surface area (Å²) in [6.45, 7) is -1.42. The van der Waals surface area contributed by atoms with Crippen LogP contribution in [-0.2, 0) is 30.8 Å². The van der Waals surface area contributed by atoms with E-state index in [1.54, 1.807) is 4.72 Å². The quantitative estimate of drug-likeness (QED) is 0.218. The van der Waals surface area contributed by atoms with E-state index in [2.05, 4.69) is 20.1 Å². The maximum Gasteiger partial charge on any atom is 0.447 e. The molecular weight excluding hydrogens is 700 g/mol. The van der Waals surface area contributed by atoms with Crippen LogP contribution in [0, 0.1) is 5.82 Å². The number of alkyl halides is 6. The number of cyclic esters (lactones) is 2. The molecule has 3 aromatic rings. The fourth-order valence-electron chi connectivity index (χ4n) is 4.47. The van der Waals surface area contributed by atoms with E-state index in [9.17, 15) is 48.7 Å². The van der Waals surface area contributed by atoms with Crippen LogP contribution in [0.1, 0.15) is 11.1 Å². The van der Waals surface area contributed by atoms with Crippen molar-refractivity contribution >= 4 is 56.8 Å². The van der Waals surface area contributed by atoms with E-state index >= 15 is 0 Å². The highest BCUT2D eigenvalue weighted by atomic mass is 35.5. The number of anilines is 2. The third-order valence-corrected chi connectivity index (χ3v) is 8.51. The van der Waals surface area contributed by atoms with Gasteiger partial charge in [0, 0.05) is 21.2 Å². The van der Waals surface area contributed by atoms with Gasteiger partial charge in [0.15, 0.2) is 0 Å². The molecule has 2 atom stereocenters. The number of nitrogens with one attached hydrogen (secondary N) is 4. The monoisotopic (exact) mass is 718 g/mol. The van der Waals surface area contributed by atoms with Crippen LogP contribution in [0.25, 0.3) is 0 Å². The van der Waals surface area contributed by atoms with E-state index in [1.807, 2.05) is 5.32 Å². The number of carbonyl (C=O) groups is 2. The Morgan fingerprint density at radius 3 is 1.85 bits per heavy atom. The number of rotatable bonds is 5. The van der Waals surface area contributed by atoms with E-state index in [1.165, 1.54) is 30.3 Å². The molecule has 0 spiro atoms. The summed E-state index contributed by atoms with van der Waals surface area (Å²) < 4.78 is 131. The first-order chi connectivity index (χ1) is 21.3. The third kappa shape index (κ3) is 6.52. The average molecular weight is 719 g/mol. The SMILES string of the molecule is CNC1(C(F)(F)F)OC(=O)Nc2ccc(Cl)cc21.O=C1Nc2ccc(Cl)cc2C(CNS(=O)(=O)c2ccccc2F)(C(F)(F)F)O1. The lowest BCUT2D eigenvalue weighted by molar-refractivity contribution is -0.275. The van der Waals surface area contributed by atoms with Crippen LogP contribution in [0.5, 0.6) is 0 Å². The molecule has 2 unspecified atom stereocenters. The Labute approximate surface area is 265 Å². The molecule has 0 fully saturated rings. The van der Waals surface area contributed by atoms with Crippen LogP contribution in [0.15, 0.2) is 65.6 Å². The first-order valence-corrected chi connectivity index (χ1v) is 14.7. The normalized spacial score (nSPS) is 20.9. The largest absolute Gasteiger partial charge is 0.447 e. The number of fused-ring (bicyclic) bond motifs is 2. The fourth-order valence-corrected chi connectivity index (χ4v) is 5.95. The van der Waals surface area contributed by atoms with Gasteiger partial charge in [-0.15, -0.1) is 0 Å². The zero-order valence-corrected chi connectivity index (χ0v) is 25.1. The zero-order valence-electron chi connectivity index (χ0n) is 22.7. The molecule has 20 heteroatoms. The van der Waals surface area contributed by atoms with Gasteiger partial charge >= 0.3 is 24.5 Å². The standard InChI is InChI=1S/C16H11ClF4N2O4S.C10H8ClF3N2O2/c17-9-5-6-12-10(7-9)15(16(19,20)21,27-14(24)23-12)8-22-28(25,26)13-4-2-1-3-11(13)18;1-15-9(10(12,13)14)6-4-5(11)2-3-7(6)16-8(17)18-9/h1-7,22H,8H2,(H,23,24);2-4,15H,1H3,(H,16,17). The average Bonchev–Trinajstić information content (AvgIpc) is 2.95. The van der Waals surface area contributed by atoms with Crippen LogP contribution in [-0.4, -0.2) is 46.5 Å². The maximum atomic E-state index is 14.0. The Morgan fingerprint density at radius 1 is 0.804 bits per heavy atom. The fraction of sp³-hybridized carbons (Fsp3) is 0.231. The van der Waals surface area contributed by atoms with E-state index in [0.717, 1.165) is 37.4 Å². The lowest BCUT2D eigenvalue weighted by Crippen LogP contribution is -2.58. The predicted octanol–water partition coefficient (Wildman–Crippen LogP) is 6.61. The minimum absolute atomic E-state index is 0.00215. The lowest BCUT2D eigenvalue weighted by atomic mass is 9.90. The number of hydrogen-bond donors (Lipinski definition) is 4. The van der Waals surface area contributed by atoms with E-state index < -0.39 is 68.7 Å². The van der Waals surface area contributed by atoms with Crippen molar-refractivity contribution in [3.8, 4) is 0 Å². The topological polar surface area (TPSA) is 135 Å². The van der Waals surface area contributed by atoms with Crippen molar-refractivity contribution in [3.63, 3.8) is 0 Å². The molecule has 0 radical (unpaired) electrons. The highest BCUT2D eigenvalue weighted by molar-refractivity contribution is 7.89. The molecule has 10 nitrogen and oxygen atoms in total. The van der Waals surface area contributed by atoms with Gasteiger partial charge in [-0.25, -0.2) is 27.1 Å². The van der Waals surface area contributed by atoms with Crippen LogP contribution in [0.2, 0.25) is 10.0 Å². The smallest absolute Gasteiger partial charge is 0.426 e. The molecule has 0 saturated carbocycles. The lowest BCUT2D eigenvalue weighted by Gasteiger charge is -2.39. The Hall–Kier alpha value is -3.84. The Kier molecular flexibility index (Phi) is 9.44. The van der Waals surface area contributed by atoms with Crippen molar-refractivity contribution < 1.29 is 58.2 Å². The summed E-state index contributed by atoms with van der Waals surface area (Å²) in [5.74, 6) is -1.15. The number of carbonyl (C=O) groups excluding carboxylic acids is 2. The van der Waals surface area contributed by atoms with Crippen molar-refractivity contribution in [2.24, 2.45) is 0 Å². The number of amides is 2. The van der Waals surface area contributed by atoms with Gasteiger partial charge in [-0.1, -0.05) is 35.3 Å². The number of hydrogen-bond acceptors (Lipinski definition) is 7. The van der Waals surface area contributed by atoms with Crippen LogP contribution >= 0.6 is 23.2 Å². The van der Waals surface area contributed by atoms with Gasteiger partial charge < -0.3 is 9.47 Å². The Balaban J connectivity index is 0.000000230. The van der Waals surface area contributed by atoms with Gasteiger partial charge in [-0.05, 0) is 55.6 Å². The zero-order chi connectivity index (χ0) is 34.3. The molecule has 248 valence electrons. The van der Waals surface area contributed by atoms with Crippen LogP contribution in [0.3, 0.4) is 0 Å². The molecule has 2 aliphatic heterocycles. The summed E-state index contributed by atoms with van der Waals surface area (Å²) in [6, 6.07) is 11.2. The van der Waals surface area contributed by atoms with Crippen molar-refractivity contribution in [1.82, 2.24) is 10.0 Å². The van der Waals surface area contributed by atoms with Gasteiger partial charge in [0.05, 0.1) is 17.9 Å². The summed E-state index contributed by atoms with van der Waals surface area (Å²) in [5.41, 5.74) is -7.39. The Morgan fingerprint density at radius 2 is 1.33 bits per heavy atom. The third-order valence-electron chi connectivity index (χ3n) is 6.61. The van der Waals surface area contributed by atoms with Gasteiger partial charge in [-0.3, -0.25) is 16.0 Å². The van der Waals surface area contributed by atoms with Crippen LogP contribution < -0.4 is 20.7 Å². The van der Waals surface area contributed by atoms with E-state index in [-0.39, 0.29) is 27.0 Å². The molecular formula is C26H19Cl2F7N4O6S. The molecule has 4 N–H and O–H groups in total. The van der Waals surface area contributed by atoms with Gasteiger partial charge in [0.25, 0.3) is 5.72 Å². The summed E-state index contributed by atoms with van der Waals surface area (Å²) in [5, 5.41) is 6.30. The van der Waals surface area contributed by atoms with Crippen molar-refractivity contribution in [3.05, 3.63) is 87.7 Å². The number of sulfonamides is 1. The maximum absolute atomic E-state index is 14.0. The predicted molar refractivity (Wildman–Crippen MR) is 149 cm³/mol. The van der Waals surface area contributed by atoms with Crippen LogP contribution in [0.4, 0.5) is 51.7 Å². The molecule has 0 aliphatic carbocycles. The van der Waals surface area contributed by atoms with Crippen molar-refractivity contribution in [1.29, 1.82) is 0 Å². The molecule has 46 heavy (non-hydrogen) atoms. The summed E-state index contributed by atoms with van der Waals surface area (Å²) in [6.07, 6.45) is -12.7. The molecule has 2 amide bonds. The second-order valence-electron chi connectivity index (χ2n) is 9.42. The number of benzene rings is 3. The van der Waals surface area contributed by atoms with E-state index in [0.29, 0.717) is 0 Å². The summed E-state index contributed by atoms with van der Waals surface area (Å²) >= 11 is 11.5. The van der Waals surface area contributed by atoms with E-state index in [4.69, 9.17) is 23.2 Å². The molecule has 5 rings (SSSR count). The van der Waals surface area contributed by atoms with Crippen molar-refractivity contribution in [2.75, 3.05) is 24.2 Å². The molecule has 0 saturated heterocycles.